The van der Waals surface area contributed by atoms with Crippen molar-refractivity contribution in [3.63, 3.8) is 0 Å². The van der Waals surface area contributed by atoms with Gasteiger partial charge in [-0.05, 0) is 24.6 Å². The molecule has 26 heavy (non-hydrogen) atoms. The number of aryl methyl sites for hydroxylation is 1. The predicted octanol–water partition coefficient (Wildman–Crippen LogP) is 2.94. The molecule has 0 bridgehead atoms. The molecule has 0 aliphatic carbocycles. The van der Waals surface area contributed by atoms with Gasteiger partial charge in [0.15, 0.2) is 0 Å². The summed E-state index contributed by atoms with van der Waals surface area (Å²) in [6, 6.07) is 11.9. The minimum atomic E-state index is -4.55. The Morgan fingerprint density at radius 2 is 1.73 bits per heavy atom. The van der Waals surface area contributed by atoms with Crippen LogP contribution in [0.25, 0.3) is 10.8 Å². The minimum Gasteiger partial charge on any atom is -0.506 e. The number of phenolic OH excluding ortho intramolecular Hbond substituents is 1. The van der Waals surface area contributed by atoms with Crippen LogP contribution >= 0.6 is 0 Å². The van der Waals surface area contributed by atoms with Crippen molar-refractivity contribution in [1.82, 2.24) is 0 Å². The number of hydrogen-bond acceptors (Lipinski definition) is 5. The third-order valence-electron chi connectivity index (χ3n) is 4.04. The van der Waals surface area contributed by atoms with Crippen LogP contribution in [0.3, 0.4) is 0 Å². The summed E-state index contributed by atoms with van der Waals surface area (Å²) in [6.45, 7) is 1.81. The molecule has 0 heterocycles. The average Bonchev–Trinajstić information content (AvgIpc) is 2.58. The van der Waals surface area contributed by atoms with Crippen molar-refractivity contribution in [2.75, 3.05) is 11.1 Å². The maximum Gasteiger partial charge on any atom is 0.295 e. The number of fused-ring (bicyclic) bond motifs is 1. The van der Waals surface area contributed by atoms with Crippen LogP contribution in [0.15, 0.2) is 53.4 Å². The SMILES string of the molecule is Cc1ccc(C(=O)Nc2c(O)cc(S(=O)(=O)O)c3ccccc23)cc1N. The molecule has 3 aromatic carbocycles. The Morgan fingerprint density at radius 3 is 2.35 bits per heavy atom. The molecule has 134 valence electrons. The molecule has 0 radical (unpaired) electrons. The van der Waals surface area contributed by atoms with E-state index < -0.39 is 26.7 Å². The molecule has 3 aromatic rings. The van der Waals surface area contributed by atoms with Gasteiger partial charge in [0.1, 0.15) is 10.6 Å². The van der Waals surface area contributed by atoms with Gasteiger partial charge in [0.05, 0.1) is 5.69 Å². The molecular formula is C18H16N2O5S. The fraction of sp³-hybridized carbons (Fsp3) is 0.0556. The molecule has 1 amide bonds. The van der Waals surface area contributed by atoms with Crippen LogP contribution in [0.4, 0.5) is 11.4 Å². The maximum absolute atomic E-state index is 12.5. The quantitative estimate of drug-likeness (QED) is 0.318. The van der Waals surface area contributed by atoms with Crippen molar-refractivity contribution in [1.29, 1.82) is 0 Å². The number of rotatable bonds is 3. The van der Waals surface area contributed by atoms with E-state index in [0.29, 0.717) is 5.69 Å². The monoisotopic (exact) mass is 372 g/mol. The van der Waals surface area contributed by atoms with Crippen LogP contribution in [0.1, 0.15) is 15.9 Å². The molecule has 3 rings (SSSR count). The normalized spacial score (nSPS) is 11.5. The second kappa shape index (κ2) is 6.32. The molecule has 0 spiro atoms. The van der Waals surface area contributed by atoms with Crippen molar-refractivity contribution in [3.05, 3.63) is 59.7 Å². The number of aromatic hydroxyl groups is 1. The number of benzene rings is 3. The number of nitrogens with two attached hydrogens (primary N) is 1. The highest BCUT2D eigenvalue weighted by Gasteiger charge is 2.20. The van der Waals surface area contributed by atoms with E-state index in [2.05, 4.69) is 5.32 Å². The number of nitrogen functional groups attached to an aromatic ring is 1. The van der Waals surface area contributed by atoms with Crippen LogP contribution in [0, 0.1) is 6.92 Å². The molecule has 0 aromatic heterocycles. The van der Waals surface area contributed by atoms with Gasteiger partial charge < -0.3 is 16.2 Å². The Labute approximate surface area is 149 Å². The van der Waals surface area contributed by atoms with Gasteiger partial charge in [-0.3, -0.25) is 9.35 Å². The summed E-state index contributed by atoms with van der Waals surface area (Å²) >= 11 is 0. The van der Waals surface area contributed by atoms with Crippen LogP contribution in [0.2, 0.25) is 0 Å². The molecule has 0 saturated heterocycles. The van der Waals surface area contributed by atoms with Crippen molar-refractivity contribution in [2.45, 2.75) is 11.8 Å². The van der Waals surface area contributed by atoms with Crippen molar-refractivity contribution in [2.24, 2.45) is 0 Å². The minimum absolute atomic E-state index is 0.0390. The van der Waals surface area contributed by atoms with E-state index in [9.17, 15) is 22.9 Å². The Hall–Kier alpha value is -3.10. The second-order valence-electron chi connectivity index (χ2n) is 5.81. The summed E-state index contributed by atoms with van der Waals surface area (Å²) in [5.41, 5.74) is 7.42. The van der Waals surface area contributed by atoms with Gasteiger partial charge in [0.25, 0.3) is 16.0 Å². The molecule has 5 N–H and O–H groups in total. The number of carbonyl (C=O) groups excluding carboxylic acids is 1. The lowest BCUT2D eigenvalue weighted by Gasteiger charge is -2.14. The molecule has 8 heteroatoms. The van der Waals surface area contributed by atoms with E-state index in [-0.39, 0.29) is 22.0 Å². The van der Waals surface area contributed by atoms with Gasteiger partial charge in [0.2, 0.25) is 0 Å². The maximum atomic E-state index is 12.5. The zero-order valence-corrected chi connectivity index (χ0v) is 14.5. The first kappa shape index (κ1) is 17.7. The molecule has 0 fully saturated rings. The first-order chi connectivity index (χ1) is 12.2. The lowest BCUT2D eigenvalue weighted by molar-refractivity contribution is 0.102. The number of carbonyl (C=O) groups is 1. The summed E-state index contributed by atoms with van der Waals surface area (Å²) in [4.78, 5) is 12.1. The van der Waals surface area contributed by atoms with E-state index in [4.69, 9.17) is 5.73 Å². The molecule has 0 atom stereocenters. The number of phenols is 1. The van der Waals surface area contributed by atoms with Crippen LogP contribution in [0.5, 0.6) is 5.75 Å². The Kier molecular flexibility index (Phi) is 4.31. The lowest BCUT2D eigenvalue weighted by Crippen LogP contribution is -2.13. The van der Waals surface area contributed by atoms with E-state index >= 15 is 0 Å². The van der Waals surface area contributed by atoms with E-state index in [1.54, 1.807) is 24.3 Å². The van der Waals surface area contributed by atoms with Crippen molar-refractivity contribution in [3.8, 4) is 5.75 Å². The highest BCUT2D eigenvalue weighted by Crippen LogP contribution is 2.37. The Balaban J connectivity index is 2.12. The number of hydrogen-bond donors (Lipinski definition) is 4. The van der Waals surface area contributed by atoms with Gasteiger partial charge in [0, 0.05) is 28.1 Å². The number of nitrogens with one attached hydrogen (secondary N) is 1. The highest BCUT2D eigenvalue weighted by atomic mass is 32.2. The fourth-order valence-corrected chi connectivity index (χ4v) is 3.36. The Bertz CT molecular complexity index is 1140. The summed E-state index contributed by atoms with van der Waals surface area (Å²) in [5, 5.41) is 13.3. The van der Waals surface area contributed by atoms with Crippen molar-refractivity contribution < 1.29 is 22.9 Å². The topological polar surface area (TPSA) is 130 Å². The number of amides is 1. The molecule has 0 unspecified atom stereocenters. The standard InChI is InChI=1S/C18H16N2O5S/c1-10-6-7-11(8-14(10)19)18(22)20-17-13-5-3-2-4-12(13)16(9-15(17)21)26(23,24)25/h2-9,21H,19H2,1H3,(H,20,22)(H,23,24,25). The first-order valence-corrected chi connectivity index (χ1v) is 9.02. The van der Waals surface area contributed by atoms with E-state index in [1.807, 2.05) is 6.92 Å². The third-order valence-corrected chi connectivity index (χ3v) is 4.94. The van der Waals surface area contributed by atoms with E-state index in [0.717, 1.165) is 11.6 Å². The van der Waals surface area contributed by atoms with Crippen LogP contribution < -0.4 is 11.1 Å². The van der Waals surface area contributed by atoms with Crippen LogP contribution in [-0.4, -0.2) is 24.0 Å². The average molecular weight is 372 g/mol. The summed E-state index contributed by atoms with van der Waals surface area (Å²) in [6.07, 6.45) is 0. The van der Waals surface area contributed by atoms with E-state index in [1.165, 1.54) is 18.2 Å². The molecular weight excluding hydrogens is 356 g/mol. The fourth-order valence-electron chi connectivity index (χ4n) is 2.64. The second-order valence-corrected chi connectivity index (χ2v) is 7.20. The van der Waals surface area contributed by atoms with Crippen LogP contribution in [-0.2, 0) is 10.1 Å². The molecule has 7 nitrogen and oxygen atoms in total. The number of anilines is 2. The smallest absolute Gasteiger partial charge is 0.295 e. The van der Waals surface area contributed by atoms with Crippen molar-refractivity contribution >= 4 is 38.2 Å². The predicted molar refractivity (Wildman–Crippen MR) is 99.0 cm³/mol. The van der Waals surface area contributed by atoms with Gasteiger partial charge in [-0.25, -0.2) is 0 Å². The van der Waals surface area contributed by atoms with Gasteiger partial charge in [-0.15, -0.1) is 0 Å². The zero-order valence-electron chi connectivity index (χ0n) is 13.7. The van der Waals surface area contributed by atoms with Gasteiger partial charge in [-0.1, -0.05) is 30.3 Å². The third kappa shape index (κ3) is 3.19. The summed E-state index contributed by atoms with van der Waals surface area (Å²) in [5.74, 6) is -0.999. The lowest BCUT2D eigenvalue weighted by atomic mass is 10.1. The van der Waals surface area contributed by atoms with Gasteiger partial charge >= 0.3 is 0 Å². The molecule has 0 aliphatic rings. The summed E-state index contributed by atoms with van der Waals surface area (Å²) in [7, 11) is -4.55. The summed E-state index contributed by atoms with van der Waals surface area (Å²) < 4.78 is 32.5. The highest BCUT2D eigenvalue weighted by molar-refractivity contribution is 7.86. The zero-order chi connectivity index (χ0) is 19.1. The largest absolute Gasteiger partial charge is 0.506 e. The van der Waals surface area contributed by atoms with Gasteiger partial charge in [-0.2, -0.15) is 8.42 Å². The molecule has 0 saturated carbocycles. The molecule has 0 aliphatic heterocycles. The first-order valence-electron chi connectivity index (χ1n) is 7.58. The Morgan fingerprint density at radius 1 is 1.08 bits per heavy atom.